The van der Waals surface area contributed by atoms with Gasteiger partial charge in [0.05, 0.1) is 5.56 Å². The Morgan fingerprint density at radius 1 is 0.977 bits per heavy atom. The number of esters is 3. The van der Waals surface area contributed by atoms with Gasteiger partial charge in [-0.05, 0) is 13.3 Å². The fourth-order valence-electron chi connectivity index (χ4n) is 5.30. The van der Waals surface area contributed by atoms with E-state index in [1.807, 2.05) is 0 Å². The van der Waals surface area contributed by atoms with Crippen molar-refractivity contribution >= 4 is 23.7 Å². The van der Waals surface area contributed by atoms with Crippen LogP contribution in [0.3, 0.4) is 0 Å². The summed E-state index contributed by atoms with van der Waals surface area (Å²) < 4.78 is 22.7. The van der Waals surface area contributed by atoms with Gasteiger partial charge in [0.15, 0.2) is 12.3 Å². The molecular weight excluding hydrogens is 570 g/mol. The van der Waals surface area contributed by atoms with E-state index in [9.17, 15) is 24.3 Å². The third-order valence-corrected chi connectivity index (χ3v) is 7.82. The van der Waals surface area contributed by atoms with Crippen molar-refractivity contribution in [2.75, 3.05) is 12.3 Å². The van der Waals surface area contributed by atoms with Gasteiger partial charge in [0.2, 0.25) is 0 Å². The lowest BCUT2D eigenvalue weighted by Crippen LogP contribution is -2.39. The Labute approximate surface area is 261 Å². The molecule has 0 spiro atoms. The van der Waals surface area contributed by atoms with Gasteiger partial charge in [0.25, 0.3) is 0 Å². The van der Waals surface area contributed by atoms with Crippen molar-refractivity contribution in [1.82, 2.24) is 9.55 Å². The zero-order valence-electron chi connectivity index (χ0n) is 27.0. The highest BCUT2D eigenvalue weighted by molar-refractivity contribution is 5.70. The number of hydrogen-bond acceptors (Lipinski definition) is 11. The second-order valence-electron chi connectivity index (χ2n) is 11.6. The maximum absolute atomic E-state index is 12.7. The molecule has 1 aromatic heterocycles. The molecule has 2 rings (SSSR count). The van der Waals surface area contributed by atoms with Gasteiger partial charge in [-0.25, -0.2) is 4.79 Å². The second-order valence-corrected chi connectivity index (χ2v) is 11.6. The summed E-state index contributed by atoms with van der Waals surface area (Å²) in [5.74, 6) is -1.69. The first-order chi connectivity index (χ1) is 21.1. The SMILES string of the molecule is CCCCCCCCCCCCCCCC(=O)OC(C)c1cn([C@@H]2O[C@H](COC(=O)CC)[C@@H](OC(C)=O)[C@@H]2O)c(=O)nc1N. The lowest BCUT2D eigenvalue weighted by molar-refractivity contribution is -0.158. The monoisotopic (exact) mass is 623 g/mol. The van der Waals surface area contributed by atoms with E-state index in [4.69, 9.17) is 24.7 Å². The van der Waals surface area contributed by atoms with Crippen LogP contribution in [0.25, 0.3) is 0 Å². The molecule has 2 heterocycles. The van der Waals surface area contributed by atoms with Crippen molar-refractivity contribution in [3.8, 4) is 0 Å². The van der Waals surface area contributed by atoms with Crippen molar-refractivity contribution in [2.24, 2.45) is 0 Å². The number of hydrogen-bond donors (Lipinski definition) is 2. The molecule has 12 nitrogen and oxygen atoms in total. The van der Waals surface area contributed by atoms with E-state index < -0.39 is 48.3 Å². The fraction of sp³-hybridized carbons (Fsp3) is 0.781. The molecule has 250 valence electrons. The largest absolute Gasteiger partial charge is 0.463 e. The van der Waals surface area contributed by atoms with E-state index in [2.05, 4.69) is 11.9 Å². The van der Waals surface area contributed by atoms with Gasteiger partial charge in [0, 0.05) is 26.0 Å². The van der Waals surface area contributed by atoms with Crippen LogP contribution in [0.15, 0.2) is 11.0 Å². The Kier molecular flexibility index (Phi) is 17.0. The number of unbranched alkanes of at least 4 members (excludes halogenated alkanes) is 12. The molecule has 0 amide bonds. The molecule has 3 N–H and O–H groups in total. The number of aliphatic hydroxyl groups is 1. The van der Waals surface area contributed by atoms with E-state index in [-0.39, 0.29) is 36.8 Å². The molecule has 0 aromatic carbocycles. The smallest absolute Gasteiger partial charge is 0.351 e. The molecule has 1 fully saturated rings. The number of carbonyl (C=O) groups is 3. The first kappa shape index (κ1) is 37.2. The van der Waals surface area contributed by atoms with Gasteiger partial charge in [-0.1, -0.05) is 90.9 Å². The Morgan fingerprint density at radius 3 is 2.09 bits per heavy atom. The van der Waals surface area contributed by atoms with Gasteiger partial charge in [-0.3, -0.25) is 19.0 Å². The Hall–Kier alpha value is -2.99. The first-order valence-electron chi connectivity index (χ1n) is 16.3. The maximum Gasteiger partial charge on any atom is 0.351 e. The molecule has 1 aromatic rings. The molecule has 12 heteroatoms. The number of carbonyl (C=O) groups excluding carboxylic acids is 3. The zero-order valence-corrected chi connectivity index (χ0v) is 27.0. The molecule has 5 atom stereocenters. The lowest BCUT2D eigenvalue weighted by Gasteiger charge is -2.21. The van der Waals surface area contributed by atoms with Crippen LogP contribution in [0.2, 0.25) is 0 Å². The Bertz CT molecular complexity index is 1090. The third-order valence-electron chi connectivity index (χ3n) is 7.82. The van der Waals surface area contributed by atoms with E-state index in [1.165, 1.54) is 70.4 Å². The Morgan fingerprint density at radius 2 is 1.55 bits per heavy atom. The standard InChI is InChI=1S/C32H53N3O9/c1-5-7-8-9-10-11-12-13-14-15-16-17-18-19-27(38)42-22(3)24-20-35(32(40)34-30(24)33)31-28(39)29(43-23(4)36)25(44-31)21-41-26(37)6-2/h20,22,25,28-29,31,39H,5-19,21H2,1-4H3,(H2,33,34,40)/t22?,25-,28+,29-,31-/m1/s1. The molecule has 0 saturated carbocycles. The lowest BCUT2D eigenvalue weighted by atomic mass is 10.0. The fourth-order valence-corrected chi connectivity index (χ4v) is 5.30. The summed E-state index contributed by atoms with van der Waals surface area (Å²) >= 11 is 0. The van der Waals surface area contributed by atoms with Crippen LogP contribution in [0.4, 0.5) is 5.82 Å². The zero-order chi connectivity index (χ0) is 32.5. The molecule has 0 radical (unpaired) electrons. The summed E-state index contributed by atoms with van der Waals surface area (Å²) in [5, 5.41) is 10.9. The summed E-state index contributed by atoms with van der Waals surface area (Å²) in [5.41, 5.74) is 5.43. The van der Waals surface area contributed by atoms with Gasteiger partial charge < -0.3 is 29.8 Å². The van der Waals surface area contributed by atoms with Crippen LogP contribution in [0.1, 0.15) is 142 Å². The van der Waals surface area contributed by atoms with Gasteiger partial charge in [-0.15, -0.1) is 0 Å². The minimum atomic E-state index is -1.48. The summed E-state index contributed by atoms with van der Waals surface area (Å²) in [6.07, 6.45) is 11.6. The average Bonchev–Trinajstić information content (AvgIpc) is 3.27. The second kappa shape index (κ2) is 20.1. The minimum Gasteiger partial charge on any atom is -0.463 e. The number of nitrogens with two attached hydrogens (primary N) is 1. The first-order valence-corrected chi connectivity index (χ1v) is 16.3. The number of nitrogen functional groups attached to an aromatic ring is 1. The molecule has 1 saturated heterocycles. The average molecular weight is 624 g/mol. The summed E-state index contributed by atoms with van der Waals surface area (Å²) in [6.45, 7) is 6.34. The highest BCUT2D eigenvalue weighted by atomic mass is 16.6. The molecule has 0 bridgehead atoms. The summed E-state index contributed by atoms with van der Waals surface area (Å²) in [6, 6.07) is 0. The highest BCUT2D eigenvalue weighted by Gasteiger charge is 2.48. The topological polar surface area (TPSA) is 169 Å². The van der Waals surface area contributed by atoms with Crippen LogP contribution >= 0.6 is 0 Å². The van der Waals surface area contributed by atoms with Crippen molar-refractivity contribution < 1.29 is 38.4 Å². The number of nitrogens with zero attached hydrogens (tertiary/aromatic N) is 2. The Balaban J connectivity index is 1.86. The van der Waals surface area contributed by atoms with Gasteiger partial charge >= 0.3 is 23.6 Å². The van der Waals surface area contributed by atoms with E-state index >= 15 is 0 Å². The highest BCUT2D eigenvalue weighted by Crippen LogP contribution is 2.32. The van der Waals surface area contributed by atoms with Crippen LogP contribution in [-0.2, 0) is 33.3 Å². The predicted molar refractivity (Wildman–Crippen MR) is 164 cm³/mol. The van der Waals surface area contributed by atoms with E-state index in [0.29, 0.717) is 0 Å². The minimum absolute atomic E-state index is 0.120. The summed E-state index contributed by atoms with van der Waals surface area (Å²) in [4.78, 5) is 52.4. The molecule has 0 aliphatic carbocycles. The van der Waals surface area contributed by atoms with Crippen LogP contribution < -0.4 is 11.4 Å². The number of anilines is 1. The predicted octanol–water partition coefficient (Wildman–Crippen LogP) is 5.05. The number of rotatable bonds is 21. The summed E-state index contributed by atoms with van der Waals surface area (Å²) in [7, 11) is 0. The molecule has 1 aliphatic rings. The van der Waals surface area contributed by atoms with Crippen molar-refractivity contribution in [3.63, 3.8) is 0 Å². The van der Waals surface area contributed by atoms with E-state index in [0.717, 1.165) is 30.8 Å². The van der Waals surface area contributed by atoms with E-state index in [1.54, 1.807) is 13.8 Å². The van der Waals surface area contributed by atoms with Crippen LogP contribution in [0, 0.1) is 0 Å². The number of ether oxygens (including phenoxy) is 4. The van der Waals surface area contributed by atoms with Crippen molar-refractivity contribution in [1.29, 1.82) is 0 Å². The van der Waals surface area contributed by atoms with Crippen LogP contribution in [0.5, 0.6) is 0 Å². The number of aromatic nitrogens is 2. The number of aliphatic hydroxyl groups excluding tert-OH is 1. The molecular formula is C32H53N3O9. The van der Waals surface area contributed by atoms with Gasteiger partial charge in [0.1, 0.15) is 30.7 Å². The molecule has 1 unspecified atom stereocenters. The molecule has 44 heavy (non-hydrogen) atoms. The molecule has 1 aliphatic heterocycles. The van der Waals surface area contributed by atoms with Crippen molar-refractivity contribution in [2.45, 2.75) is 155 Å². The van der Waals surface area contributed by atoms with Gasteiger partial charge in [-0.2, -0.15) is 4.98 Å². The third kappa shape index (κ3) is 12.6. The normalized spacial score (nSPS) is 20.3. The van der Waals surface area contributed by atoms with Crippen molar-refractivity contribution in [3.05, 3.63) is 22.2 Å². The van der Waals surface area contributed by atoms with Crippen LogP contribution in [-0.4, -0.2) is 57.5 Å². The quantitative estimate of drug-likeness (QED) is 0.107. The maximum atomic E-state index is 12.7.